The van der Waals surface area contributed by atoms with Gasteiger partial charge in [0, 0.05) is 23.7 Å². The minimum absolute atomic E-state index is 0.126. The van der Waals surface area contributed by atoms with Gasteiger partial charge in [0.2, 0.25) is 5.91 Å². The Morgan fingerprint density at radius 1 is 1.15 bits per heavy atom. The van der Waals surface area contributed by atoms with Crippen LogP contribution in [0.4, 0.5) is 5.69 Å². The summed E-state index contributed by atoms with van der Waals surface area (Å²) in [6.45, 7) is 0.126. The van der Waals surface area contributed by atoms with Gasteiger partial charge in [-0.3, -0.25) is 4.79 Å². The Morgan fingerprint density at radius 3 is 2.60 bits per heavy atom. The Balaban J connectivity index is 2.02. The number of nitrogens with one attached hydrogen (secondary N) is 1. The van der Waals surface area contributed by atoms with Crippen LogP contribution < -0.4 is 5.32 Å². The molecule has 0 aliphatic carbocycles. The lowest BCUT2D eigenvalue weighted by Crippen LogP contribution is -2.18. The van der Waals surface area contributed by atoms with Gasteiger partial charge in [-0.2, -0.15) is 0 Å². The van der Waals surface area contributed by atoms with Crippen molar-refractivity contribution in [2.24, 2.45) is 0 Å². The molecule has 0 saturated carbocycles. The molecule has 0 saturated heterocycles. The van der Waals surface area contributed by atoms with Gasteiger partial charge in [-0.15, -0.1) is 0 Å². The van der Waals surface area contributed by atoms with E-state index in [1.54, 1.807) is 35.0 Å². The highest BCUT2D eigenvalue weighted by Gasteiger charge is 2.05. The quantitative estimate of drug-likeness (QED) is 0.818. The first kappa shape index (κ1) is 13.6. The van der Waals surface area contributed by atoms with E-state index in [4.69, 9.17) is 5.11 Å². The molecule has 1 aromatic carbocycles. The highest BCUT2D eigenvalue weighted by molar-refractivity contribution is 5.90. The maximum absolute atomic E-state index is 11.9. The highest BCUT2D eigenvalue weighted by atomic mass is 16.4. The number of benzene rings is 1. The summed E-state index contributed by atoms with van der Waals surface area (Å²) >= 11 is 0. The number of nitrogens with zero attached hydrogens (tertiary/aromatic N) is 1. The number of aromatic nitrogens is 1. The van der Waals surface area contributed by atoms with E-state index in [2.05, 4.69) is 5.32 Å². The predicted octanol–water partition coefficient (Wildman–Crippen LogP) is 2.22. The van der Waals surface area contributed by atoms with E-state index in [0.29, 0.717) is 5.69 Å². The normalized spacial score (nSPS) is 10.6. The largest absolute Gasteiger partial charge is 0.478 e. The summed E-state index contributed by atoms with van der Waals surface area (Å²) in [6, 6.07) is 12.7. The molecule has 2 N–H and O–H groups in total. The molecule has 102 valence electrons. The van der Waals surface area contributed by atoms with Gasteiger partial charge < -0.3 is 15.0 Å². The third kappa shape index (κ3) is 3.84. The summed E-state index contributed by atoms with van der Waals surface area (Å²) in [5.74, 6) is -1.19. The second-order valence-electron chi connectivity index (χ2n) is 4.15. The smallest absolute Gasteiger partial charge is 0.328 e. The first-order chi connectivity index (χ1) is 9.65. The molecule has 0 spiro atoms. The second-order valence-corrected chi connectivity index (χ2v) is 4.15. The summed E-state index contributed by atoms with van der Waals surface area (Å²) in [7, 11) is 0. The number of carbonyl (C=O) groups is 2. The average Bonchev–Trinajstić information content (AvgIpc) is 2.84. The summed E-state index contributed by atoms with van der Waals surface area (Å²) in [5, 5.41) is 11.4. The van der Waals surface area contributed by atoms with E-state index in [-0.39, 0.29) is 12.5 Å². The number of rotatable bonds is 5. The van der Waals surface area contributed by atoms with Crippen LogP contribution >= 0.6 is 0 Å². The van der Waals surface area contributed by atoms with Gasteiger partial charge >= 0.3 is 5.97 Å². The Morgan fingerprint density at radius 2 is 1.90 bits per heavy atom. The lowest BCUT2D eigenvalue weighted by atomic mass is 10.3. The van der Waals surface area contributed by atoms with Crippen molar-refractivity contribution in [3.05, 3.63) is 60.4 Å². The number of carboxylic acid groups (broad SMARTS) is 1. The average molecular weight is 270 g/mol. The zero-order valence-electron chi connectivity index (χ0n) is 10.7. The number of para-hydroxylation sites is 1. The van der Waals surface area contributed by atoms with Crippen LogP contribution in [0.15, 0.2) is 54.7 Å². The van der Waals surface area contributed by atoms with E-state index >= 15 is 0 Å². The molecule has 0 aliphatic heterocycles. The minimum atomic E-state index is -1.02. The van der Waals surface area contributed by atoms with Crippen LogP contribution in [0.2, 0.25) is 0 Å². The van der Waals surface area contributed by atoms with Gasteiger partial charge in [-0.1, -0.05) is 18.2 Å². The van der Waals surface area contributed by atoms with Crippen LogP contribution in [-0.2, 0) is 16.1 Å². The standard InChI is InChI=1S/C15H14N2O3/c18-14(16-12-5-2-1-3-6-12)11-17-10-4-7-13(17)8-9-15(19)20/h1-10H,11H2,(H,16,18)(H,19,20)/b9-8+. The molecule has 0 atom stereocenters. The van der Waals surface area contributed by atoms with Crippen LogP contribution in [0.5, 0.6) is 0 Å². The van der Waals surface area contributed by atoms with Gasteiger partial charge in [0.15, 0.2) is 0 Å². The molecule has 1 amide bonds. The van der Waals surface area contributed by atoms with Crippen LogP contribution in [-0.4, -0.2) is 21.6 Å². The Hall–Kier alpha value is -2.82. The summed E-state index contributed by atoms with van der Waals surface area (Å²) in [5.41, 5.74) is 1.39. The van der Waals surface area contributed by atoms with Gasteiger partial charge in [0.05, 0.1) is 0 Å². The first-order valence-corrected chi connectivity index (χ1v) is 6.06. The number of anilines is 1. The van der Waals surface area contributed by atoms with Crippen LogP contribution in [0, 0.1) is 0 Å². The van der Waals surface area contributed by atoms with Crippen molar-refractivity contribution < 1.29 is 14.7 Å². The van der Waals surface area contributed by atoms with Crippen LogP contribution in [0.25, 0.3) is 6.08 Å². The highest BCUT2D eigenvalue weighted by Crippen LogP contribution is 2.08. The fourth-order valence-electron chi connectivity index (χ4n) is 1.76. The van der Waals surface area contributed by atoms with E-state index < -0.39 is 5.97 Å². The zero-order chi connectivity index (χ0) is 14.4. The molecule has 0 unspecified atom stereocenters. The van der Waals surface area contributed by atoms with Crippen LogP contribution in [0.3, 0.4) is 0 Å². The first-order valence-electron chi connectivity index (χ1n) is 6.06. The summed E-state index contributed by atoms with van der Waals surface area (Å²) in [6.07, 6.45) is 4.23. The van der Waals surface area contributed by atoms with Gasteiger partial charge in [0.25, 0.3) is 0 Å². The molecule has 2 aromatic rings. The molecule has 0 radical (unpaired) electrons. The molecule has 1 aromatic heterocycles. The maximum atomic E-state index is 11.9. The number of carbonyl (C=O) groups excluding carboxylic acids is 1. The van der Waals surface area contributed by atoms with Crippen molar-refractivity contribution in [3.8, 4) is 0 Å². The van der Waals surface area contributed by atoms with Crippen molar-refractivity contribution in [2.75, 3.05) is 5.32 Å². The fraction of sp³-hybridized carbons (Fsp3) is 0.0667. The van der Waals surface area contributed by atoms with Gasteiger partial charge in [-0.05, 0) is 30.3 Å². The third-order valence-corrected chi connectivity index (χ3v) is 2.63. The van der Waals surface area contributed by atoms with E-state index in [1.807, 2.05) is 18.2 Å². The molecule has 2 rings (SSSR count). The molecule has 0 bridgehead atoms. The number of carboxylic acids is 1. The molecule has 0 fully saturated rings. The van der Waals surface area contributed by atoms with E-state index in [1.165, 1.54) is 6.08 Å². The molecule has 1 heterocycles. The molecule has 5 nitrogen and oxygen atoms in total. The fourth-order valence-corrected chi connectivity index (χ4v) is 1.76. The monoisotopic (exact) mass is 270 g/mol. The molecule has 20 heavy (non-hydrogen) atoms. The molecular weight excluding hydrogens is 256 g/mol. The van der Waals surface area contributed by atoms with Gasteiger partial charge in [-0.25, -0.2) is 4.79 Å². The Kier molecular flexibility index (Phi) is 4.34. The predicted molar refractivity (Wildman–Crippen MR) is 76.2 cm³/mol. The van der Waals surface area contributed by atoms with E-state index in [0.717, 1.165) is 11.8 Å². The second kappa shape index (κ2) is 6.38. The molecule has 5 heteroatoms. The number of hydrogen-bond acceptors (Lipinski definition) is 2. The zero-order valence-corrected chi connectivity index (χ0v) is 10.7. The Bertz CT molecular complexity index is 630. The lowest BCUT2D eigenvalue weighted by molar-refractivity contribution is -0.131. The van der Waals surface area contributed by atoms with Crippen molar-refractivity contribution in [1.29, 1.82) is 0 Å². The van der Waals surface area contributed by atoms with Crippen LogP contribution in [0.1, 0.15) is 5.69 Å². The van der Waals surface area contributed by atoms with Crippen molar-refractivity contribution >= 4 is 23.6 Å². The van der Waals surface area contributed by atoms with E-state index in [9.17, 15) is 9.59 Å². The topological polar surface area (TPSA) is 71.3 Å². The Labute approximate surface area is 116 Å². The van der Waals surface area contributed by atoms with Crippen molar-refractivity contribution in [1.82, 2.24) is 4.57 Å². The number of aliphatic carboxylic acids is 1. The van der Waals surface area contributed by atoms with Crippen molar-refractivity contribution in [2.45, 2.75) is 6.54 Å². The lowest BCUT2D eigenvalue weighted by Gasteiger charge is -2.07. The SMILES string of the molecule is O=C(O)/C=C/c1cccn1CC(=O)Nc1ccccc1. The van der Waals surface area contributed by atoms with Gasteiger partial charge in [0.1, 0.15) is 6.54 Å². The molecule has 0 aliphatic rings. The number of amides is 1. The third-order valence-electron chi connectivity index (χ3n) is 2.63. The summed E-state index contributed by atoms with van der Waals surface area (Å²) < 4.78 is 1.68. The molecular formula is C15H14N2O3. The minimum Gasteiger partial charge on any atom is -0.478 e. The van der Waals surface area contributed by atoms with Crippen molar-refractivity contribution in [3.63, 3.8) is 0 Å². The number of hydrogen-bond donors (Lipinski definition) is 2. The maximum Gasteiger partial charge on any atom is 0.328 e. The summed E-state index contributed by atoms with van der Waals surface area (Å²) in [4.78, 5) is 22.4.